The molecule has 0 aromatic heterocycles. The largest absolute Gasteiger partial charge is 0.342 e. The summed E-state index contributed by atoms with van der Waals surface area (Å²) in [6.45, 7) is 5.35. The Morgan fingerprint density at radius 1 is 1.27 bits per heavy atom. The Bertz CT molecular complexity index is 622. The van der Waals surface area contributed by atoms with Crippen LogP contribution in [-0.2, 0) is 14.6 Å². The number of amides is 1. The van der Waals surface area contributed by atoms with E-state index in [9.17, 15) is 13.2 Å². The van der Waals surface area contributed by atoms with Gasteiger partial charge in [-0.3, -0.25) is 4.79 Å². The summed E-state index contributed by atoms with van der Waals surface area (Å²) < 4.78 is 24.7. The molecule has 0 N–H and O–H groups in total. The van der Waals surface area contributed by atoms with Gasteiger partial charge in [0.2, 0.25) is 5.91 Å². The van der Waals surface area contributed by atoms with E-state index in [0.29, 0.717) is 16.2 Å². The highest BCUT2D eigenvalue weighted by atomic mass is 32.2. The van der Waals surface area contributed by atoms with Crippen molar-refractivity contribution in [3.8, 4) is 0 Å². The van der Waals surface area contributed by atoms with Gasteiger partial charge in [0.25, 0.3) is 0 Å². The Balaban J connectivity index is 2.17. The molecule has 2 rings (SSSR count). The highest BCUT2D eigenvalue weighted by Gasteiger charge is 2.26. The number of thioether (sulfide) groups is 1. The summed E-state index contributed by atoms with van der Waals surface area (Å²) >= 11 is 1.35. The first-order valence-electron chi connectivity index (χ1n) is 7.73. The second kappa shape index (κ2) is 7.51. The topological polar surface area (TPSA) is 54.5 Å². The summed E-state index contributed by atoms with van der Waals surface area (Å²) in [5, 5.41) is -0.268. The fourth-order valence-corrected chi connectivity index (χ4v) is 5.53. The molecule has 1 aliphatic heterocycles. The second-order valence-electron chi connectivity index (χ2n) is 5.56. The van der Waals surface area contributed by atoms with E-state index < -0.39 is 9.84 Å². The van der Waals surface area contributed by atoms with E-state index in [1.54, 1.807) is 18.2 Å². The number of hydrogen-bond acceptors (Lipinski definition) is 4. The molecule has 0 spiro atoms. The third-order valence-electron chi connectivity index (χ3n) is 3.73. The molecule has 1 fully saturated rings. The van der Waals surface area contributed by atoms with Crippen LogP contribution in [0.5, 0.6) is 0 Å². The zero-order valence-electron chi connectivity index (χ0n) is 13.1. The van der Waals surface area contributed by atoms with Crippen LogP contribution in [0, 0.1) is 0 Å². The van der Waals surface area contributed by atoms with E-state index in [2.05, 4.69) is 0 Å². The predicted octanol–water partition coefficient (Wildman–Crippen LogP) is 2.97. The Hall–Kier alpha value is -1.01. The molecule has 6 heteroatoms. The molecule has 1 aromatic rings. The van der Waals surface area contributed by atoms with Gasteiger partial charge in [-0.2, -0.15) is 0 Å². The molecule has 1 atom stereocenters. The van der Waals surface area contributed by atoms with Gasteiger partial charge in [0.15, 0.2) is 9.84 Å². The molecule has 22 heavy (non-hydrogen) atoms. The van der Waals surface area contributed by atoms with E-state index in [-0.39, 0.29) is 16.9 Å². The van der Waals surface area contributed by atoms with Gasteiger partial charge < -0.3 is 4.90 Å². The lowest BCUT2D eigenvalue weighted by Crippen LogP contribution is -2.34. The predicted molar refractivity (Wildman–Crippen MR) is 89.9 cm³/mol. The quantitative estimate of drug-likeness (QED) is 0.747. The number of carbonyl (C=O) groups excluding carboxylic acids is 1. The molecule has 1 unspecified atom stereocenters. The fourth-order valence-electron chi connectivity index (χ4n) is 2.62. The van der Waals surface area contributed by atoms with Gasteiger partial charge >= 0.3 is 0 Å². The van der Waals surface area contributed by atoms with Crippen molar-refractivity contribution < 1.29 is 13.2 Å². The molecule has 4 nitrogen and oxygen atoms in total. The molecule has 1 amide bonds. The van der Waals surface area contributed by atoms with Gasteiger partial charge in [0.1, 0.15) is 0 Å². The van der Waals surface area contributed by atoms with Crippen molar-refractivity contribution in [2.45, 2.75) is 48.2 Å². The number of rotatable bonds is 6. The average molecular weight is 341 g/mol. The van der Waals surface area contributed by atoms with E-state index in [1.165, 1.54) is 11.8 Å². The zero-order chi connectivity index (χ0) is 16.2. The van der Waals surface area contributed by atoms with Gasteiger partial charge in [0, 0.05) is 18.0 Å². The Morgan fingerprint density at radius 3 is 2.55 bits per heavy atom. The number of benzene rings is 1. The van der Waals surface area contributed by atoms with Crippen LogP contribution in [0.25, 0.3) is 0 Å². The van der Waals surface area contributed by atoms with Crippen LogP contribution in [0.1, 0.15) is 33.1 Å². The highest BCUT2D eigenvalue weighted by Crippen LogP contribution is 2.31. The minimum Gasteiger partial charge on any atom is -0.342 e. The average Bonchev–Trinajstić information content (AvgIpc) is 3.01. The molecule has 0 radical (unpaired) electrons. The van der Waals surface area contributed by atoms with Crippen molar-refractivity contribution >= 4 is 27.5 Å². The SMILES string of the molecule is CCCS(=O)(=O)c1ccccc1SC(C)C(=O)N1CCCC1. The molecule has 0 bridgehead atoms. The normalized spacial score (nSPS) is 16.7. The van der Waals surface area contributed by atoms with E-state index in [4.69, 9.17) is 0 Å². The molecule has 122 valence electrons. The van der Waals surface area contributed by atoms with E-state index >= 15 is 0 Å². The van der Waals surface area contributed by atoms with Crippen molar-refractivity contribution in [1.82, 2.24) is 4.90 Å². The van der Waals surface area contributed by atoms with Gasteiger partial charge in [0.05, 0.1) is 15.9 Å². The minimum absolute atomic E-state index is 0.102. The van der Waals surface area contributed by atoms with Crippen LogP contribution in [0.2, 0.25) is 0 Å². The first-order chi connectivity index (χ1) is 10.5. The van der Waals surface area contributed by atoms with Gasteiger partial charge in [-0.15, -0.1) is 11.8 Å². The fraction of sp³-hybridized carbons (Fsp3) is 0.562. The molecule has 0 saturated carbocycles. The highest BCUT2D eigenvalue weighted by molar-refractivity contribution is 8.01. The molecule has 1 saturated heterocycles. The number of sulfone groups is 1. The number of nitrogens with zero attached hydrogens (tertiary/aromatic N) is 1. The molecule has 1 heterocycles. The lowest BCUT2D eigenvalue weighted by Gasteiger charge is -2.20. The van der Waals surface area contributed by atoms with Gasteiger partial charge in [-0.05, 0) is 38.3 Å². The maximum Gasteiger partial charge on any atom is 0.235 e. The van der Waals surface area contributed by atoms with Crippen molar-refractivity contribution in [3.05, 3.63) is 24.3 Å². The molecular weight excluding hydrogens is 318 g/mol. The van der Waals surface area contributed by atoms with Crippen molar-refractivity contribution in [3.63, 3.8) is 0 Å². The number of likely N-dealkylation sites (tertiary alicyclic amines) is 1. The van der Waals surface area contributed by atoms with Crippen molar-refractivity contribution in [2.75, 3.05) is 18.8 Å². The first kappa shape index (κ1) is 17.3. The zero-order valence-corrected chi connectivity index (χ0v) is 14.8. The van der Waals surface area contributed by atoms with Crippen molar-refractivity contribution in [1.29, 1.82) is 0 Å². The second-order valence-corrected chi connectivity index (χ2v) is 9.02. The third-order valence-corrected chi connectivity index (χ3v) is 6.99. The van der Waals surface area contributed by atoms with Crippen LogP contribution < -0.4 is 0 Å². The third kappa shape index (κ3) is 4.04. The van der Waals surface area contributed by atoms with Crippen LogP contribution in [-0.4, -0.2) is 43.3 Å². The summed E-state index contributed by atoms with van der Waals surface area (Å²) in [6.07, 6.45) is 2.71. The van der Waals surface area contributed by atoms with Crippen LogP contribution in [0.15, 0.2) is 34.1 Å². The standard InChI is InChI=1S/C16H23NO3S2/c1-3-12-22(19,20)15-9-5-4-8-14(15)21-13(2)16(18)17-10-6-7-11-17/h4-5,8-9,13H,3,6-7,10-12H2,1-2H3. The summed E-state index contributed by atoms with van der Waals surface area (Å²) in [6, 6.07) is 6.99. The summed E-state index contributed by atoms with van der Waals surface area (Å²) in [5.41, 5.74) is 0. The number of carbonyl (C=O) groups is 1. The molecular formula is C16H23NO3S2. The lowest BCUT2D eigenvalue weighted by molar-refractivity contribution is -0.129. The van der Waals surface area contributed by atoms with Crippen molar-refractivity contribution in [2.24, 2.45) is 0 Å². The first-order valence-corrected chi connectivity index (χ1v) is 10.3. The van der Waals surface area contributed by atoms with Gasteiger partial charge in [-0.1, -0.05) is 19.1 Å². The lowest BCUT2D eigenvalue weighted by atomic mass is 10.4. The van der Waals surface area contributed by atoms with E-state index in [0.717, 1.165) is 25.9 Å². The monoisotopic (exact) mass is 341 g/mol. The summed E-state index contributed by atoms with van der Waals surface area (Å²) in [5.74, 6) is 0.240. The Labute approximate surface area is 137 Å². The van der Waals surface area contributed by atoms with Crippen LogP contribution in [0.4, 0.5) is 0 Å². The summed E-state index contributed by atoms with van der Waals surface area (Å²) in [7, 11) is -3.28. The van der Waals surface area contributed by atoms with Gasteiger partial charge in [-0.25, -0.2) is 8.42 Å². The van der Waals surface area contributed by atoms with Crippen LogP contribution in [0.3, 0.4) is 0 Å². The van der Waals surface area contributed by atoms with E-state index in [1.807, 2.05) is 24.8 Å². The molecule has 1 aliphatic rings. The summed E-state index contributed by atoms with van der Waals surface area (Å²) in [4.78, 5) is 15.3. The minimum atomic E-state index is -3.28. The maximum atomic E-state index is 12.4. The molecule has 1 aromatic carbocycles. The maximum absolute atomic E-state index is 12.4. The number of hydrogen-bond donors (Lipinski definition) is 0. The van der Waals surface area contributed by atoms with Crippen LogP contribution >= 0.6 is 11.8 Å². The Morgan fingerprint density at radius 2 is 1.91 bits per heavy atom. The Kier molecular flexibility index (Phi) is 5.92. The molecule has 0 aliphatic carbocycles. The smallest absolute Gasteiger partial charge is 0.235 e.